The number of nitrogens with zero attached hydrogens (tertiary/aromatic N) is 1. The quantitative estimate of drug-likeness (QED) is 0.876. The summed E-state index contributed by atoms with van der Waals surface area (Å²) in [6, 6.07) is 5.45. The van der Waals surface area contributed by atoms with Crippen molar-refractivity contribution in [3.8, 4) is 0 Å². The molecule has 2 heterocycles. The fraction of sp³-hybridized carbons (Fsp3) is 0.556. The Kier molecular flexibility index (Phi) is 4.60. The van der Waals surface area contributed by atoms with E-state index in [1.54, 1.807) is 12.1 Å². The number of hydrogen-bond acceptors (Lipinski definition) is 4. The summed E-state index contributed by atoms with van der Waals surface area (Å²) in [7, 11) is 0. The molecule has 130 valence electrons. The normalized spacial score (nSPS) is 20.0. The number of piperidine rings is 1. The van der Waals surface area contributed by atoms with E-state index in [4.69, 9.17) is 9.84 Å². The van der Waals surface area contributed by atoms with Gasteiger partial charge in [0.15, 0.2) is 0 Å². The summed E-state index contributed by atoms with van der Waals surface area (Å²) in [6.45, 7) is 5.42. The van der Waals surface area contributed by atoms with Gasteiger partial charge in [-0.15, -0.1) is 0 Å². The Morgan fingerprint density at radius 2 is 2.08 bits per heavy atom. The number of amides is 2. The average Bonchev–Trinajstić information content (AvgIpc) is 2.81. The molecule has 0 unspecified atom stereocenters. The second-order valence-electron chi connectivity index (χ2n) is 6.93. The Labute approximate surface area is 141 Å². The molecule has 0 aliphatic carbocycles. The summed E-state index contributed by atoms with van der Waals surface area (Å²) in [6.07, 6.45) is 1.67. The van der Waals surface area contributed by atoms with E-state index in [2.05, 4.69) is 5.32 Å². The first kappa shape index (κ1) is 16.9. The molecule has 1 aromatic rings. The third-order valence-corrected chi connectivity index (χ3v) is 4.93. The molecule has 24 heavy (non-hydrogen) atoms. The smallest absolute Gasteiger partial charge is 0.253 e. The van der Waals surface area contributed by atoms with Crippen molar-refractivity contribution >= 4 is 17.5 Å². The zero-order chi connectivity index (χ0) is 17.3. The van der Waals surface area contributed by atoms with Crippen molar-refractivity contribution in [1.82, 2.24) is 4.90 Å². The summed E-state index contributed by atoms with van der Waals surface area (Å²) >= 11 is 0. The topological polar surface area (TPSA) is 78.9 Å². The van der Waals surface area contributed by atoms with Gasteiger partial charge in [-0.2, -0.15) is 0 Å². The molecule has 0 saturated carbocycles. The van der Waals surface area contributed by atoms with Gasteiger partial charge < -0.3 is 20.1 Å². The van der Waals surface area contributed by atoms with Crippen LogP contribution in [0.3, 0.4) is 0 Å². The van der Waals surface area contributed by atoms with Crippen LogP contribution in [0.25, 0.3) is 0 Å². The van der Waals surface area contributed by atoms with Crippen LogP contribution in [0.15, 0.2) is 18.2 Å². The number of aliphatic hydroxyl groups excluding tert-OH is 1. The minimum Gasteiger partial charge on any atom is -0.394 e. The molecule has 1 saturated heterocycles. The molecular formula is C18H24N2O4. The molecule has 6 heteroatoms. The first-order chi connectivity index (χ1) is 11.4. The fourth-order valence-corrected chi connectivity index (χ4v) is 3.35. The lowest BCUT2D eigenvalue weighted by atomic mass is 9.86. The highest BCUT2D eigenvalue weighted by molar-refractivity contribution is 6.07. The third kappa shape index (κ3) is 3.03. The summed E-state index contributed by atoms with van der Waals surface area (Å²) in [4.78, 5) is 26.5. The van der Waals surface area contributed by atoms with Crippen LogP contribution in [-0.2, 0) is 14.9 Å². The maximum absolute atomic E-state index is 12.7. The Morgan fingerprint density at radius 3 is 2.75 bits per heavy atom. The zero-order valence-electron chi connectivity index (χ0n) is 14.2. The van der Waals surface area contributed by atoms with Gasteiger partial charge in [0.2, 0.25) is 5.91 Å². The monoisotopic (exact) mass is 332 g/mol. The van der Waals surface area contributed by atoms with E-state index in [-0.39, 0.29) is 24.5 Å². The number of rotatable bonds is 4. The van der Waals surface area contributed by atoms with Crippen molar-refractivity contribution in [1.29, 1.82) is 0 Å². The van der Waals surface area contributed by atoms with Crippen molar-refractivity contribution in [2.45, 2.75) is 38.2 Å². The number of carbonyl (C=O) groups excluding carboxylic acids is 2. The van der Waals surface area contributed by atoms with Gasteiger partial charge in [0.25, 0.3) is 5.91 Å². The van der Waals surface area contributed by atoms with Crippen molar-refractivity contribution in [3.05, 3.63) is 29.3 Å². The van der Waals surface area contributed by atoms with Gasteiger partial charge >= 0.3 is 0 Å². The molecule has 0 radical (unpaired) electrons. The minimum absolute atomic E-state index is 0.0163. The van der Waals surface area contributed by atoms with Gasteiger partial charge in [0.05, 0.1) is 24.7 Å². The number of hydrogen-bond donors (Lipinski definition) is 2. The highest BCUT2D eigenvalue weighted by Gasteiger charge is 2.38. The SMILES string of the molecule is CC1(C)C(=O)Nc2cc(C(=O)N3CCC(OCCO)CC3)ccc21. The molecule has 0 aromatic heterocycles. The number of anilines is 1. The van der Waals surface area contributed by atoms with Gasteiger partial charge in [-0.05, 0) is 44.4 Å². The number of aliphatic hydroxyl groups is 1. The van der Waals surface area contributed by atoms with Crippen LogP contribution in [0.1, 0.15) is 42.6 Å². The van der Waals surface area contributed by atoms with E-state index < -0.39 is 5.41 Å². The average molecular weight is 332 g/mol. The van der Waals surface area contributed by atoms with Gasteiger partial charge in [-0.25, -0.2) is 0 Å². The van der Waals surface area contributed by atoms with E-state index >= 15 is 0 Å². The van der Waals surface area contributed by atoms with E-state index in [9.17, 15) is 9.59 Å². The number of likely N-dealkylation sites (tertiary alicyclic amines) is 1. The van der Waals surface area contributed by atoms with E-state index in [1.807, 2.05) is 24.8 Å². The fourth-order valence-electron chi connectivity index (χ4n) is 3.35. The molecule has 2 amide bonds. The molecule has 0 bridgehead atoms. The van der Waals surface area contributed by atoms with E-state index in [1.165, 1.54) is 0 Å². The number of fused-ring (bicyclic) bond motifs is 1. The number of ether oxygens (including phenoxy) is 1. The first-order valence-electron chi connectivity index (χ1n) is 8.41. The maximum atomic E-state index is 12.7. The Balaban J connectivity index is 1.67. The number of carbonyl (C=O) groups is 2. The molecule has 1 aromatic carbocycles. The largest absolute Gasteiger partial charge is 0.394 e. The Morgan fingerprint density at radius 1 is 1.38 bits per heavy atom. The Bertz CT molecular complexity index is 648. The molecule has 0 spiro atoms. The molecule has 2 aliphatic heterocycles. The predicted molar refractivity (Wildman–Crippen MR) is 90.1 cm³/mol. The van der Waals surface area contributed by atoms with Gasteiger partial charge in [-0.1, -0.05) is 6.07 Å². The summed E-state index contributed by atoms with van der Waals surface area (Å²) in [5, 5.41) is 11.7. The van der Waals surface area contributed by atoms with Crippen molar-refractivity contribution in [2.75, 3.05) is 31.6 Å². The molecule has 2 N–H and O–H groups in total. The summed E-state index contributed by atoms with van der Waals surface area (Å²) < 4.78 is 5.53. The molecule has 3 rings (SSSR count). The highest BCUT2D eigenvalue weighted by atomic mass is 16.5. The first-order valence-corrected chi connectivity index (χ1v) is 8.41. The lowest BCUT2D eigenvalue weighted by Gasteiger charge is -2.32. The zero-order valence-corrected chi connectivity index (χ0v) is 14.2. The van der Waals surface area contributed by atoms with E-state index in [0.29, 0.717) is 25.3 Å². The summed E-state index contributed by atoms with van der Waals surface area (Å²) in [5.74, 6) is -0.0543. The number of benzene rings is 1. The van der Waals surface area contributed by atoms with Crippen molar-refractivity contribution < 1.29 is 19.4 Å². The second-order valence-corrected chi connectivity index (χ2v) is 6.93. The van der Waals surface area contributed by atoms with Gasteiger partial charge in [-0.3, -0.25) is 9.59 Å². The van der Waals surface area contributed by atoms with E-state index in [0.717, 1.165) is 24.1 Å². The van der Waals surface area contributed by atoms with Crippen LogP contribution in [-0.4, -0.2) is 54.2 Å². The third-order valence-electron chi connectivity index (χ3n) is 4.93. The molecular weight excluding hydrogens is 308 g/mol. The predicted octanol–water partition coefficient (Wildman–Crippen LogP) is 1.53. The van der Waals surface area contributed by atoms with Gasteiger partial charge in [0, 0.05) is 24.3 Å². The Hall–Kier alpha value is -1.92. The van der Waals surface area contributed by atoms with Crippen molar-refractivity contribution in [2.24, 2.45) is 0 Å². The van der Waals surface area contributed by atoms with Crippen LogP contribution < -0.4 is 5.32 Å². The van der Waals surface area contributed by atoms with Crippen molar-refractivity contribution in [3.63, 3.8) is 0 Å². The molecule has 2 aliphatic rings. The summed E-state index contributed by atoms with van der Waals surface area (Å²) in [5.41, 5.74) is 1.71. The highest BCUT2D eigenvalue weighted by Crippen LogP contribution is 2.37. The lowest BCUT2D eigenvalue weighted by Crippen LogP contribution is -2.41. The minimum atomic E-state index is -0.556. The molecule has 1 fully saturated rings. The van der Waals surface area contributed by atoms with Crippen LogP contribution >= 0.6 is 0 Å². The second kappa shape index (κ2) is 6.53. The van der Waals surface area contributed by atoms with Crippen LogP contribution in [0.2, 0.25) is 0 Å². The maximum Gasteiger partial charge on any atom is 0.253 e. The molecule has 0 atom stereocenters. The van der Waals surface area contributed by atoms with Crippen LogP contribution in [0.4, 0.5) is 5.69 Å². The number of nitrogens with one attached hydrogen (secondary N) is 1. The lowest BCUT2D eigenvalue weighted by molar-refractivity contribution is -0.119. The van der Waals surface area contributed by atoms with Crippen LogP contribution in [0, 0.1) is 0 Å². The van der Waals surface area contributed by atoms with Gasteiger partial charge in [0.1, 0.15) is 0 Å². The molecule has 6 nitrogen and oxygen atoms in total. The van der Waals surface area contributed by atoms with Crippen LogP contribution in [0.5, 0.6) is 0 Å². The standard InChI is InChI=1S/C18H24N2O4/c1-18(2)14-4-3-12(11-15(14)19-17(18)23)16(22)20-7-5-13(6-8-20)24-10-9-21/h3-4,11,13,21H,5-10H2,1-2H3,(H,19,23).